The molecule has 1 amide bonds. The van der Waals surface area contributed by atoms with Crippen LogP contribution in [0.15, 0.2) is 16.6 Å². The van der Waals surface area contributed by atoms with Crippen molar-refractivity contribution in [3.05, 3.63) is 21.6 Å². The van der Waals surface area contributed by atoms with Gasteiger partial charge < -0.3 is 10.1 Å². The Balaban J connectivity index is 3.16. The van der Waals surface area contributed by atoms with Crippen molar-refractivity contribution in [3.63, 3.8) is 0 Å². The molecule has 1 aromatic rings. The van der Waals surface area contributed by atoms with Crippen LogP contribution >= 0.6 is 27.5 Å². The largest absolute Gasteiger partial charge is 0.491 e. The van der Waals surface area contributed by atoms with E-state index in [2.05, 4.69) is 15.9 Å². The van der Waals surface area contributed by atoms with Crippen molar-refractivity contribution in [2.45, 2.75) is 19.0 Å². The summed E-state index contributed by atoms with van der Waals surface area (Å²) in [6.45, 7) is 1.66. The minimum atomic E-state index is -6.00. The van der Waals surface area contributed by atoms with Crippen molar-refractivity contribution in [2.75, 3.05) is 11.9 Å². The Kier molecular flexibility index (Phi) is 5.43. The third kappa shape index (κ3) is 3.97. The van der Waals surface area contributed by atoms with Gasteiger partial charge in [-0.15, -0.1) is 0 Å². The van der Waals surface area contributed by atoms with Crippen molar-refractivity contribution in [3.8, 4) is 5.75 Å². The topological polar surface area (TPSA) is 38.3 Å². The van der Waals surface area contributed by atoms with Crippen molar-refractivity contribution in [1.29, 1.82) is 0 Å². The number of hydrogen-bond acceptors (Lipinski definition) is 2. The lowest BCUT2D eigenvalue weighted by Crippen LogP contribution is -2.47. The number of rotatable bonds is 4. The zero-order chi connectivity index (χ0) is 16.4. The summed E-state index contributed by atoms with van der Waals surface area (Å²) in [5.41, 5.74) is -0.398. The second kappa shape index (κ2) is 6.35. The highest BCUT2D eigenvalue weighted by Gasteiger charge is 2.63. The molecule has 0 saturated carbocycles. The second-order valence-electron chi connectivity index (χ2n) is 3.72. The first-order chi connectivity index (χ1) is 9.50. The van der Waals surface area contributed by atoms with Gasteiger partial charge in [-0.25, -0.2) is 0 Å². The number of carbonyl (C=O) groups excluding carboxylic acids is 1. The average Bonchev–Trinajstić information content (AvgIpc) is 2.31. The Morgan fingerprint density at radius 1 is 1.33 bits per heavy atom. The lowest BCUT2D eigenvalue weighted by molar-refractivity contribution is -0.267. The molecule has 0 saturated heterocycles. The third-order valence-corrected chi connectivity index (χ3v) is 2.99. The third-order valence-electron chi connectivity index (χ3n) is 2.19. The number of ether oxygens (including phenoxy) is 1. The summed E-state index contributed by atoms with van der Waals surface area (Å²) < 4.78 is 67.4. The van der Waals surface area contributed by atoms with Crippen LogP contribution in [-0.2, 0) is 4.79 Å². The van der Waals surface area contributed by atoms with Crippen molar-refractivity contribution in [1.82, 2.24) is 0 Å². The molecule has 0 atom stereocenters. The van der Waals surface area contributed by atoms with Crippen LogP contribution in [-0.4, -0.2) is 24.6 Å². The summed E-state index contributed by atoms with van der Waals surface area (Å²) in [7, 11) is 0. The maximum atomic E-state index is 12.9. The van der Waals surface area contributed by atoms with Gasteiger partial charge in [-0.1, -0.05) is 11.6 Å². The molecule has 0 bridgehead atoms. The summed E-state index contributed by atoms with van der Waals surface area (Å²) in [6.07, 6.45) is -6.00. The number of benzene rings is 1. The van der Waals surface area contributed by atoms with Crippen LogP contribution < -0.4 is 10.1 Å². The highest BCUT2D eigenvalue weighted by molar-refractivity contribution is 9.10. The maximum Gasteiger partial charge on any atom is 0.463 e. The van der Waals surface area contributed by atoms with Gasteiger partial charge >= 0.3 is 18.0 Å². The molecule has 0 aliphatic rings. The highest BCUT2D eigenvalue weighted by Crippen LogP contribution is 2.40. The van der Waals surface area contributed by atoms with Gasteiger partial charge in [0.05, 0.1) is 16.8 Å². The molecule has 0 aliphatic heterocycles. The van der Waals surface area contributed by atoms with Crippen molar-refractivity contribution in [2.24, 2.45) is 0 Å². The fourth-order valence-electron chi connectivity index (χ4n) is 1.27. The predicted octanol–water partition coefficient (Wildman–Crippen LogP) is 4.64. The zero-order valence-corrected chi connectivity index (χ0v) is 12.7. The van der Waals surface area contributed by atoms with E-state index in [1.54, 1.807) is 6.92 Å². The van der Waals surface area contributed by atoms with Crippen LogP contribution in [0.5, 0.6) is 5.75 Å². The molecule has 10 heteroatoms. The summed E-state index contributed by atoms with van der Waals surface area (Å²) in [6, 6.07) is 2.34. The molecular weight excluding hydrogens is 388 g/mol. The molecule has 3 nitrogen and oxygen atoms in total. The minimum absolute atomic E-state index is 0.0101. The summed E-state index contributed by atoms with van der Waals surface area (Å²) >= 11 is 8.67. The van der Waals surface area contributed by atoms with E-state index >= 15 is 0 Å². The SMILES string of the molecule is CCOc1c(Br)cc(Cl)cc1NC(=O)C(F)(F)C(F)(F)F. The van der Waals surface area contributed by atoms with Crippen LogP contribution in [0, 0.1) is 0 Å². The van der Waals surface area contributed by atoms with Gasteiger partial charge in [0.1, 0.15) is 0 Å². The molecule has 0 aliphatic carbocycles. The average molecular weight is 397 g/mol. The van der Waals surface area contributed by atoms with Gasteiger partial charge in [-0.3, -0.25) is 4.79 Å². The molecule has 118 valence electrons. The number of nitrogens with one attached hydrogen (secondary N) is 1. The van der Waals surface area contributed by atoms with Gasteiger partial charge in [-0.05, 0) is 35.0 Å². The lowest BCUT2D eigenvalue weighted by Gasteiger charge is -2.20. The summed E-state index contributed by atoms with van der Waals surface area (Å²) in [5.74, 6) is -8.16. The highest BCUT2D eigenvalue weighted by atomic mass is 79.9. The first-order valence-corrected chi connectivity index (χ1v) is 6.55. The van der Waals surface area contributed by atoms with E-state index in [4.69, 9.17) is 16.3 Å². The first kappa shape index (κ1) is 18.0. The van der Waals surface area contributed by atoms with Crippen LogP contribution in [0.4, 0.5) is 27.6 Å². The Bertz CT molecular complexity index is 550. The number of amides is 1. The van der Waals surface area contributed by atoms with Crippen LogP contribution in [0.2, 0.25) is 5.02 Å². The Hall–Kier alpha value is -1.09. The van der Waals surface area contributed by atoms with E-state index in [1.807, 2.05) is 0 Å². The second-order valence-corrected chi connectivity index (χ2v) is 5.01. The molecule has 21 heavy (non-hydrogen) atoms. The molecule has 1 N–H and O–H groups in total. The molecule has 0 spiro atoms. The maximum absolute atomic E-state index is 12.9. The van der Waals surface area contributed by atoms with E-state index < -0.39 is 23.7 Å². The van der Waals surface area contributed by atoms with E-state index in [0.717, 1.165) is 6.07 Å². The van der Waals surface area contributed by atoms with Gasteiger partial charge in [-0.2, -0.15) is 22.0 Å². The molecule has 1 rings (SSSR count). The Morgan fingerprint density at radius 2 is 1.90 bits per heavy atom. The predicted molar refractivity (Wildman–Crippen MR) is 70.0 cm³/mol. The summed E-state index contributed by atoms with van der Waals surface area (Å²) in [5, 5.41) is 1.49. The molecule has 0 radical (unpaired) electrons. The van der Waals surface area contributed by atoms with E-state index in [-0.39, 0.29) is 21.9 Å². The minimum Gasteiger partial charge on any atom is -0.491 e. The van der Waals surface area contributed by atoms with Gasteiger partial charge in [0.25, 0.3) is 0 Å². The smallest absolute Gasteiger partial charge is 0.463 e. The van der Waals surface area contributed by atoms with Crippen LogP contribution in [0.1, 0.15) is 6.92 Å². The number of alkyl halides is 5. The van der Waals surface area contributed by atoms with Crippen molar-refractivity contribution < 1.29 is 31.5 Å². The molecular formula is C11H8BrClF5NO2. The zero-order valence-electron chi connectivity index (χ0n) is 10.3. The summed E-state index contributed by atoms with van der Waals surface area (Å²) in [4.78, 5) is 11.2. The van der Waals surface area contributed by atoms with E-state index in [1.165, 1.54) is 11.4 Å². The van der Waals surface area contributed by atoms with Crippen molar-refractivity contribution >= 4 is 39.1 Å². The van der Waals surface area contributed by atoms with Crippen LogP contribution in [0.25, 0.3) is 0 Å². The first-order valence-electron chi connectivity index (χ1n) is 5.38. The van der Waals surface area contributed by atoms with Gasteiger partial charge in [0.2, 0.25) is 0 Å². The fourth-order valence-corrected chi connectivity index (χ4v) is 2.20. The molecule has 1 aromatic carbocycles. The Labute approximate surface area is 129 Å². The molecule has 0 aromatic heterocycles. The van der Waals surface area contributed by atoms with Gasteiger partial charge in [0, 0.05) is 5.02 Å². The van der Waals surface area contributed by atoms with E-state index in [0.29, 0.717) is 0 Å². The number of hydrogen-bond donors (Lipinski definition) is 1. The standard InChI is InChI=1S/C11H8BrClF5NO2/c1-2-21-8-6(12)3-5(13)4-7(8)19-9(20)10(14,15)11(16,17)18/h3-4H,2H2,1H3,(H,19,20). The number of anilines is 1. The molecule has 0 fully saturated rings. The van der Waals surface area contributed by atoms with Crippen LogP contribution in [0.3, 0.4) is 0 Å². The fraction of sp³-hybridized carbons (Fsp3) is 0.364. The monoisotopic (exact) mass is 395 g/mol. The number of halogens is 7. The normalized spacial score (nSPS) is 12.2. The quantitative estimate of drug-likeness (QED) is 0.753. The lowest BCUT2D eigenvalue weighted by atomic mass is 10.2. The number of carbonyl (C=O) groups is 1. The molecule has 0 heterocycles. The molecule has 0 unspecified atom stereocenters. The van der Waals surface area contributed by atoms with E-state index in [9.17, 15) is 26.7 Å². The Morgan fingerprint density at radius 3 is 2.38 bits per heavy atom. The van der Waals surface area contributed by atoms with Gasteiger partial charge in [0.15, 0.2) is 5.75 Å².